The molecule has 2 aliphatic heterocycles. The van der Waals surface area contributed by atoms with Crippen molar-refractivity contribution in [2.45, 2.75) is 38.2 Å². The van der Waals surface area contributed by atoms with E-state index in [1.54, 1.807) is 0 Å². The highest BCUT2D eigenvalue weighted by atomic mass is 16.5. The van der Waals surface area contributed by atoms with Crippen LogP contribution in [-0.4, -0.2) is 31.7 Å². The molecule has 1 amide bonds. The minimum absolute atomic E-state index is 0.0450. The number of carbonyl (C=O) groups excluding carboxylic acids is 1. The summed E-state index contributed by atoms with van der Waals surface area (Å²) in [6.07, 6.45) is 5.60. The van der Waals surface area contributed by atoms with Crippen molar-refractivity contribution in [3.8, 4) is 0 Å². The molecule has 1 unspecified atom stereocenters. The predicted octanol–water partition coefficient (Wildman–Crippen LogP) is 2.34. The van der Waals surface area contributed by atoms with Crippen LogP contribution in [0.2, 0.25) is 0 Å². The Morgan fingerprint density at radius 3 is 3.20 bits per heavy atom. The first-order valence-electron chi connectivity index (χ1n) is 7.60. The molecule has 2 aliphatic rings. The van der Waals surface area contributed by atoms with E-state index in [4.69, 9.17) is 4.74 Å². The quantitative estimate of drug-likeness (QED) is 0.886. The molecule has 1 saturated heterocycles. The minimum Gasteiger partial charge on any atom is -0.385 e. The number of ether oxygens (including phenoxy) is 1. The van der Waals surface area contributed by atoms with Crippen LogP contribution < -0.4 is 10.6 Å². The molecule has 0 saturated carbocycles. The standard InChI is InChI=1S/C16H22N2O2/c19-16(18-10-8-12-4-3-11-20-12)14-5-1-7-15-13(14)6-2-9-17-15/h1,5,7,12,17H,2-4,6,8-11H2,(H,18,19). The molecule has 0 bridgehead atoms. The first-order chi connectivity index (χ1) is 9.84. The van der Waals surface area contributed by atoms with Crippen LogP contribution in [0.4, 0.5) is 5.69 Å². The SMILES string of the molecule is O=C(NCCC1CCCO1)c1cccc2c1CCCN2. The number of benzene rings is 1. The van der Waals surface area contributed by atoms with Crippen LogP contribution in [0, 0.1) is 0 Å². The number of hydrogen-bond donors (Lipinski definition) is 2. The van der Waals surface area contributed by atoms with Gasteiger partial charge in [0.05, 0.1) is 6.10 Å². The Labute approximate surface area is 119 Å². The Morgan fingerprint density at radius 1 is 1.40 bits per heavy atom. The second kappa shape index (κ2) is 6.27. The van der Waals surface area contributed by atoms with Crippen molar-refractivity contribution in [3.63, 3.8) is 0 Å². The van der Waals surface area contributed by atoms with Crippen LogP contribution >= 0.6 is 0 Å². The van der Waals surface area contributed by atoms with Gasteiger partial charge in [-0.05, 0) is 49.8 Å². The van der Waals surface area contributed by atoms with Crippen molar-refractivity contribution in [3.05, 3.63) is 29.3 Å². The van der Waals surface area contributed by atoms with Gasteiger partial charge in [0.25, 0.3) is 5.91 Å². The summed E-state index contributed by atoms with van der Waals surface area (Å²) in [6, 6.07) is 5.93. The Morgan fingerprint density at radius 2 is 2.35 bits per heavy atom. The van der Waals surface area contributed by atoms with E-state index in [1.165, 1.54) is 0 Å². The molecule has 20 heavy (non-hydrogen) atoms. The van der Waals surface area contributed by atoms with Crippen LogP contribution in [0.15, 0.2) is 18.2 Å². The lowest BCUT2D eigenvalue weighted by Gasteiger charge is -2.20. The molecule has 0 aromatic heterocycles. The summed E-state index contributed by atoms with van der Waals surface area (Å²) in [5.74, 6) is 0.0450. The summed E-state index contributed by atoms with van der Waals surface area (Å²) in [7, 11) is 0. The highest BCUT2D eigenvalue weighted by Crippen LogP contribution is 2.25. The molecule has 108 valence electrons. The summed E-state index contributed by atoms with van der Waals surface area (Å²) < 4.78 is 5.57. The van der Waals surface area contributed by atoms with Gasteiger partial charge in [0, 0.05) is 30.9 Å². The molecule has 0 radical (unpaired) electrons. The summed E-state index contributed by atoms with van der Waals surface area (Å²) >= 11 is 0. The van der Waals surface area contributed by atoms with Crippen molar-refractivity contribution in [1.82, 2.24) is 5.32 Å². The molecule has 2 N–H and O–H groups in total. The second-order valence-corrected chi connectivity index (χ2v) is 5.54. The van der Waals surface area contributed by atoms with Crippen molar-refractivity contribution in [2.75, 3.05) is 25.0 Å². The fourth-order valence-electron chi connectivity index (χ4n) is 3.04. The zero-order chi connectivity index (χ0) is 13.8. The highest BCUT2D eigenvalue weighted by Gasteiger charge is 2.18. The van der Waals surface area contributed by atoms with Gasteiger partial charge in [-0.3, -0.25) is 4.79 Å². The van der Waals surface area contributed by atoms with Crippen LogP contribution in [0.5, 0.6) is 0 Å². The Kier molecular flexibility index (Phi) is 4.21. The topological polar surface area (TPSA) is 50.4 Å². The number of fused-ring (bicyclic) bond motifs is 1. The number of carbonyl (C=O) groups is 1. The normalized spacial score (nSPS) is 21.1. The van der Waals surface area contributed by atoms with E-state index in [0.717, 1.165) is 62.1 Å². The van der Waals surface area contributed by atoms with Crippen molar-refractivity contribution < 1.29 is 9.53 Å². The van der Waals surface area contributed by atoms with E-state index < -0.39 is 0 Å². The molecule has 3 rings (SSSR count). The number of nitrogens with one attached hydrogen (secondary N) is 2. The predicted molar refractivity (Wildman–Crippen MR) is 79.2 cm³/mol. The first-order valence-corrected chi connectivity index (χ1v) is 7.60. The molecular weight excluding hydrogens is 252 g/mol. The third-order valence-corrected chi connectivity index (χ3v) is 4.12. The van der Waals surface area contributed by atoms with Crippen LogP contribution in [-0.2, 0) is 11.2 Å². The molecule has 4 nitrogen and oxygen atoms in total. The van der Waals surface area contributed by atoms with Gasteiger partial charge in [0.2, 0.25) is 0 Å². The van der Waals surface area contributed by atoms with E-state index in [9.17, 15) is 4.79 Å². The Hall–Kier alpha value is -1.55. The maximum absolute atomic E-state index is 12.3. The van der Waals surface area contributed by atoms with Gasteiger partial charge in [-0.25, -0.2) is 0 Å². The molecule has 1 fully saturated rings. The fraction of sp³-hybridized carbons (Fsp3) is 0.562. The van der Waals surface area contributed by atoms with Gasteiger partial charge in [-0.1, -0.05) is 6.07 Å². The molecule has 1 atom stereocenters. The molecule has 4 heteroatoms. The van der Waals surface area contributed by atoms with E-state index >= 15 is 0 Å². The van der Waals surface area contributed by atoms with E-state index in [1.807, 2.05) is 12.1 Å². The average Bonchev–Trinajstić information content (AvgIpc) is 3.00. The summed E-state index contributed by atoms with van der Waals surface area (Å²) in [5.41, 5.74) is 3.10. The lowest BCUT2D eigenvalue weighted by molar-refractivity contribution is 0.0906. The number of rotatable bonds is 4. The largest absolute Gasteiger partial charge is 0.385 e. The van der Waals surface area contributed by atoms with Gasteiger partial charge >= 0.3 is 0 Å². The maximum Gasteiger partial charge on any atom is 0.251 e. The summed E-state index contributed by atoms with van der Waals surface area (Å²) in [5, 5.41) is 6.39. The number of anilines is 1. The first kappa shape index (κ1) is 13.4. The van der Waals surface area contributed by atoms with E-state index in [2.05, 4.69) is 16.7 Å². The lowest BCUT2D eigenvalue weighted by Crippen LogP contribution is -2.28. The summed E-state index contributed by atoms with van der Waals surface area (Å²) in [6.45, 7) is 2.56. The molecule has 1 aromatic carbocycles. The smallest absolute Gasteiger partial charge is 0.251 e. The zero-order valence-corrected chi connectivity index (χ0v) is 11.8. The molecule has 1 aromatic rings. The molecular formula is C16H22N2O2. The Balaban J connectivity index is 1.59. The molecule has 0 aliphatic carbocycles. The van der Waals surface area contributed by atoms with E-state index in [-0.39, 0.29) is 5.91 Å². The lowest BCUT2D eigenvalue weighted by atomic mass is 9.97. The fourth-order valence-corrected chi connectivity index (χ4v) is 3.04. The van der Waals surface area contributed by atoms with Gasteiger partial charge in [0.1, 0.15) is 0 Å². The number of amides is 1. The maximum atomic E-state index is 12.3. The van der Waals surface area contributed by atoms with Gasteiger partial charge in [-0.2, -0.15) is 0 Å². The third-order valence-electron chi connectivity index (χ3n) is 4.12. The number of hydrogen-bond acceptors (Lipinski definition) is 3. The van der Waals surface area contributed by atoms with Crippen LogP contribution in [0.1, 0.15) is 41.6 Å². The van der Waals surface area contributed by atoms with Crippen LogP contribution in [0.25, 0.3) is 0 Å². The monoisotopic (exact) mass is 274 g/mol. The van der Waals surface area contributed by atoms with Crippen molar-refractivity contribution in [2.24, 2.45) is 0 Å². The second-order valence-electron chi connectivity index (χ2n) is 5.54. The zero-order valence-electron chi connectivity index (χ0n) is 11.8. The molecule has 2 heterocycles. The van der Waals surface area contributed by atoms with Gasteiger partial charge in [0.15, 0.2) is 0 Å². The van der Waals surface area contributed by atoms with Crippen molar-refractivity contribution in [1.29, 1.82) is 0 Å². The summed E-state index contributed by atoms with van der Waals surface area (Å²) in [4.78, 5) is 12.3. The van der Waals surface area contributed by atoms with Crippen molar-refractivity contribution >= 4 is 11.6 Å². The average molecular weight is 274 g/mol. The Bertz CT molecular complexity index is 481. The van der Waals surface area contributed by atoms with Gasteiger partial charge < -0.3 is 15.4 Å². The third kappa shape index (κ3) is 2.96. The minimum atomic E-state index is 0.0450. The van der Waals surface area contributed by atoms with Crippen LogP contribution in [0.3, 0.4) is 0 Å². The van der Waals surface area contributed by atoms with Gasteiger partial charge in [-0.15, -0.1) is 0 Å². The highest BCUT2D eigenvalue weighted by molar-refractivity contribution is 5.97. The molecule has 0 spiro atoms. The van der Waals surface area contributed by atoms with E-state index in [0.29, 0.717) is 12.6 Å².